The molecule has 0 aliphatic rings. The second kappa shape index (κ2) is 65.4. The standard InChI is InChI=1S/C72H140O17P2/c1-6-9-12-15-18-21-23-24-28-32-36-41-46-51-56-70(75)83-62-68(89-72(77)58-53-48-43-38-33-29-26-25-27-31-35-39-44-49-54-65(4)5)64-87-91(80,81)85-60-66(73)59-84-90(78,79)86-63-67(61-82-69(74)55-50-45-40-34-20-17-14-11-8-3)88-71(76)57-52-47-42-37-30-22-19-16-13-10-7-2/h65-68,73H,6-64H2,1-5H3,(H,78,79)(H,80,81)/t66-,67+,68+/m0/s1. The van der Waals surface area contributed by atoms with Gasteiger partial charge in [0.2, 0.25) is 0 Å². The zero-order valence-electron chi connectivity index (χ0n) is 59.0. The van der Waals surface area contributed by atoms with Crippen LogP contribution in [0.1, 0.15) is 375 Å². The molecular formula is C72H140O17P2. The van der Waals surface area contributed by atoms with Crippen LogP contribution >= 0.6 is 15.6 Å². The molecule has 0 bridgehead atoms. The first-order valence-corrected chi connectivity index (χ1v) is 40.6. The van der Waals surface area contributed by atoms with Gasteiger partial charge in [-0.2, -0.15) is 0 Å². The lowest BCUT2D eigenvalue weighted by atomic mass is 10.0. The van der Waals surface area contributed by atoms with Gasteiger partial charge < -0.3 is 33.8 Å². The molecule has 0 spiro atoms. The third-order valence-electron chi connectivity index (χ3n) is 16.8. The van der Waals surface area contributed by atoms with Crippen molar-refractivity contribution >= 4 is 39.5 Å². The molecule has 0 aliphatic carbocycles. The van der Waals surface area contributed by atoms with Crippen LogP contribution in [-0.4, -0.2) is 96.7 Å². The van der Waals surface area contributed by atoms with E-state index in [0.717, 1.165) is 95.8 Å². The molecule has 91 heavy (non-hydrogen) atoms. The topological polar surface area (TPSA) is 237 Å². The third-order valence-corrected chi connectivity index (χ3v) is 18.7. The number of ether oxygens (including phenoxy) is 4. The first-order chi connectivity index (χ1) is 44.0. The Morgan fingerprint density at radius 3 is 0.747 bits per heavy atom. The van der Waals surface area contributed by atoms with Gasteiger partial charge in [0, 0.05) is 25.7 Å². The number of phosphoric acid groups is 2. The van der Waals surface area contributed by atoms with Crippen molar-refractivity contribution in [3.63, 3.8) is 0 Å². The highest BCUT2D eigenvalue weighted by Gasteiger charge is 2.30. The summed E-state index contributed by atoms with van der Waals surface area (Å²) in [4.78, 5) is 72.6. The molecule has 0 saturated heterocycles. The predicted octanol–water partition coefficient (Wildman–Crippen LogP) is 20.9. The number of carbonyl (C=O) groups is 4. The number of aliphatic hydroxyl groups excluding tert-OH is 1. The summed E-state index contributed by atoms with van der Waals surface area (Å²) in [5, 5.41) is 10.6. The number of hydrogen-bond donors (Lipinski definition) is 3. The summed E-state index contributed by atoms with van der Waals surface area (Å²) in [6.07, 6.45) is 52.6. The zero-order chi connectivity index (χ0) is 67.0. The molecule has 0 aromatic rings. The molecule has 0 radical (unpaired) electrons. The molecule has 0 aromatic heterocycles. The average molecular weight is 1340 g/mol. The van der Waals surface area contributed by atoms with Crippen LogP contribution in [0.15, 0.2) is 0 Å². The summed E-state index contributed by atoms with van der Waals surface area (Å²) in [5.74, 6) is -1.32. The minimum Gasteiger partial charge on any atom is -0.462 e. The smallest absolute Gasteiger partial charge is 0.462 e. The van der Waals surface area contributed by atoms with E-state index in [1.165, 1.54) is 199 Å². The molecule has 0 fully saturated rings. The Balaban J connectivity index is 5.22. The molecule has 5 atom stereocenters. The predicted molar refractivity (Wildman–Crippen MR) is 368 cm³/mol. The van der Waals surface area contributed by atoms with Gasteiger partial charge >= 0.3 is 39.5 Å². The molecular weight excluding hydrogens is 1200 g/mol. The molecule has 0 heterocycles. The Morgan fingerprint density at radius 2 is 0.505 bits per heavy atom. The van der Waals surface area contributed by atoms with Crippen molar-refractivity contribution < 1.29 is 80.2 Å². The summed E-state index contributed by atoms with van der Waals surface area (Å²) < 4.78 is 68.3. The fourth-order valence-electron chi connectivity index (χ4n) is 11.0. The zero-order valence-corrected chi connectivity index (χ0v) is 60.8. The summed E-state index contributed by atoms with van der Waals surface area (Å²) in [5.41, 5.74) is 0. The lowest BCUT2D eigenvalue weighted by Crippen LogP contribution is -2.30. The van der Waals surface area contributed by atoms with Gasteiger partial charge in [-0.3, -0.25) is 37.3 Å². The highest BCUT2D eigenvalue weighted by molar-refractivity contribution is 7.47. The van der Waals surface area contributed by atoms with Gasteiger partial charge in [-0.25, -0.2) is 9.13 Å². The van der Waals surface area contributed by atoms with Gasteiger partial charge in [-0.05, 0) is 31.6 Å². The van der Waals surface area contributed by atoms with Gasteiger partial charge in [0.05, 0.1) is 26.4 Å². The van der Waals surface area contributed by atoms with Gasteiger partial charge in [0.25, 0.3) is 0 Å². The van der Waals surface area contributed by atoms with Crippen LogP contribution in [0, 0.1) is 5.92 Å². The van der Waals surface area contributed by atoms with Crippen LogP contribution < -0.4 is 0 Å². The van der Waals surface area contributed by atoms with Crippen LogP contribution in [0.5, 0.6) is 0 Å². The van der Waals surface area contributed by atoms with E-state index in [0.29, 0.717) is 25.7 Å². The quantitative estimate of drug-likeness (QED) is 0.0222. The summed E-state index contributed by atoms with van der Waals surface area (Å²) in [6.45, 7) is 7.27. The number of esters is 4. The lowest BCUT2D eigenvalue weighted by Gasteiger charge is -2.21. The third kappa shape index (κ3) is 66.5. The van der Waals surface area contributed by atoms with Crippen LogP contribution in [-0.2, 0) is 65.4 Å². The number of carbonyl (C=O) groups excluding carboxylic acids is 4. The Hall–Kier alpha value is -1.94. The van der Waals surface area contributed by atoms with Gasteiger partial charge in [-0.15, -0.1) is 0 Å². The van der Waals surface area contributed by atoms with E-state index < -0.39 is 97.5 Å². The van der Waals surface area contributed by atoms with Crippen LogP contribution in [0.2, 0.25) is 0 Å². The second-order valence-corrected chi connectivity index (χ2v) is 29.4. The molecule has 0 aliphatic heterocycles. The van der Waals surface area contributed by atoms with Crippen LogP contribution in [0.25, 0.3) is 0 Å². The molecule has 17 nitrogen and oxygen atoms in total. The van der Waals surface area contributed by atoms with Crippen molar-refractivity contribution in [1.29, 1.82) is 0 Å². The van der Waals surface area contributed by atoms with Crippen molar-refractivity contribution in [1.82, 2.24) is 0 Å². The second-order valence-electron chi connectivity index (χ2n) is 26.5. The Morgan fingerprint density at radius 1 is 0.297 bits per heavy atom. The van der Waals surface area contributed by atoms with E-state index >= 15 is 0 Å². The van der Waals surface area contributed by atoms with E-state index in [4.69, 9.17) is 37.0 Å². The minimum atomic E-state index is -4.95. The number of hydrogen-bond acceptors (Lipinski definition) is 15. The highest BCUT2D eigenvalue weighted by Crippen LogP contribution is 2.45. The fraction of sp³-hybridized carbons (Fsp3) is 0.944. The monoisotopic (exact) mass is 1340 g/mol. The van der Waals surface area contributed by atoms with Crippen molar-refractivity contribution in [2.24, 2.45) is 5.92 Å². The minimum absolute atomic E-state index is 0.107. The molecule has 0 aromatic carbocycles. The van der Waals surface area contributed by atoms with E-state index in [-0.39, 0.29) is 25.7 Å². The molecule has 540 valence electrons. The van der Waals surface area contributed by atoms with Crippen LogP contribution in [0.4, 0.5) is 0 Å². The van der Waals surface area contributed by atoms with E-state index in [2.05, 4.69) is 34.6 Å². The van der Waals surface area contributed by atoms with Crippen molar-refractivity contribution in [3.8, 4) is 0 Å². The molecule has 19 heteroatoms. The van der Waals surface area contributed by atoms with Crippen molar-refractivity contribution in [2.75, 3.05) is 39.6 Å². The summed E-state index contributed by atoms with van der Waals surface area (Å²) in [6, 6.07) is 0. The number of unbranched alkanes of at least 4 members (excludes halogenated alkanes) is 44. The fourth-order valence-corrected chi connectivity index (χ4v) is 12.6. The summed E-state index contributed by atoms with van der Waals surface area (Å²) >= 11 is 0. The maximum atomic E-state index is 13.0. The Labute approximate surface area is 556 Å². The van der Waals surface area contributed by atoms with Crippen molar-refractivity contribution in [2.45, 2.75) is 393 Å². The average Bonchev–Trinajstić information content (AvgIpc) is 2.40. The van der Waals surface area contributed by atoms with E-state index in [1.54, 1.807) is 0 Å². The molecule has 0 amide bonds. The van der Waals surface area contributed by atoms with E-state index in [9.17, 15) is 43.2 Å². The number of phosphoric ester groups is 2. The molecule has 0 rings (SSSR count). The summed E-state index contributed by atoms with van der Waals surface area (Å²) in [7, 11) is -9.90. The highest BCUT2D eigenvalue weighted by atomic mass is 31.2. The van der Waals surface area contributed by atoms with Gasteiger partial charge in [0.15, 0.2) is 12.2 Å². The first-order valence-electron chi connectivity index (χ1n) is 37.6. The van der Waals surface area contributed by atoms with Gasteiger partial charge in [-0.1, -0.05) is 324 Å². The number of rotatable bonds is 72. The van der Waals surface area contributed by atoms with Gasteiger partial charge in [0.1, 0.15) is 19.3 Å². The van der Waals surface area contributed by atoms with Crippen LogP contribution in [0.3, 0.4) is 0 Å². The molecule has 0 saturated carbocycles. The first kappa shape index (κ1) is 89.1. The van der Waals surface area contributed by atoms with E-state index in [1.807, 2.05) is 0 Å². The SMILES string of the molecule is CCCCCCCCCCCCCCCCC(=O)OC[C@H](COP(=O)(O)OC[C@@H](O)COP(=O)(O)OC[C@@H](COC(=O)CCCCCCCCCCC)OC(=O)CCCCCCCCCCCCC)OC(=O)CCCCCCCCCCCCCCCCC(C)C. The largest absolute Gasteiger partial charge is 0.472 e. The number of aliphatic hydroxyl groups is 1. The Kier molecular flexibility index (Phi) is 64.0. The van der Waals surface area contributed by atoms with Crippen molar-refractivity contribution in [3.05, 3.63) is 0 Å². The maximum absolute atomic E-state index is 13.0. The Bertz CT molecular complexity index is 1750. The molecule has 3 N–H and O–H groups in total. The normalized spacial score (nSPS) is 14.0. The molecule has 2 unspecified atom stereocenters. The maximum Gasteiger partial charge on any atom is 0.472 e. The lowest BCUT2D eigenvalue weighted by molar-refractivity contribution is -0.161.